The first-order valence-electron chi connectivity index (χ1n) is 8.46. The Hall–Kier alpha value is -2.29. The Morgan fingerprint density at radius 1 is 1.11 bits per heavy atom. The minimum atomic E-state index is -3.55. The van der Waals surface area contributed by atoms with Crippen LogP contribution >= 0.6 is 11.6 Å². The van der Waals surface area contributed by atoms with Crippen molar-refractivity contribution in [3.63, 3.8) is 0 Å². The van der Waals surface area contributed by atoms with Crippen LogP contribution in [0.1, 0.15) is 23.2 Å². The molecule has 0 radical (unpaired) electrons. The van der Waals surface area contributed by atoms with Gasteiger partial charge in [-0.1, -0.05) is 17.7 Å². The van der Waals surface area contributed by atoms with E-state index in [1.807, 2.05) is 0 Å². The van der Waals surface area contributed by atoms with E-state index in [2.05, 4.69) is 5.32 Å². The van der Waals surface area contributed by atoms with Crippen molar-refractivity contribution in [2.75, 3.05) is 25.2 Å². The van der Waals surface area contributed by atoms with Crippen molar-refractivity contribution in [2.45, 2.75) is 17.7 Å². The maximum absolute atomic E-state index is 12.7. The zero-order valence-corrected chi connectivity index (χ0v) is 15.8. The Morgan fingerprint density at radius 3 is 2.67 bits per heavy atom. The van der Waals surface area contributed by atoms with Gasteiger partial charge in [-0.2, -0.15) is 4.31 Å². The number of hydrogen-bond acceptors (Lipinski definition) is 5. The molecule has 2 aromatic carbocycles. The summed E-state index contributed by atoms with van der Waals surface area (Å²) in [5.41, 5.74) is 0.672. The number of nitrogens with zero attached hydrogens (tertiary/aromatic N) is 1. The van der Waals surface area contributed by atoms with Gasteiger partial charge >= 0.3 is 0 Å². The quantitative estimate of drug-likeness (QED) is 0.840. The summed E-state index contributed by atoms with van der Waals surface area (Å²) < 4.78 is 37.3. The maximum Gasteiger partial charge on any atom is 0.255 e. The van der Waals surface area contributed by atoms with Gasteiger partial charge in [0.2, 0.25) is 16.8 Å². The van der Waals surface area contributed by atoms with Gasteiger partial charge in [-0.3, -0.25) is 4.79 Å². The molecule has 0 spiro atoms. The third kappa shape index (κ3) is 3.47. The van der Waals surface area contributed by atoms with Crippen LogP contribution in [0.5, 0.6) is 11.5 Å². The average Bonchev–Trinajstić information content (AvgIpc) is 3.34. The topological polar surface area (TPSA) is 84.9 Å². The van der Waals surface area contributed by atoms with E-state index in [1.54, 1.807) is 12.1 Å². The number of carbonyl (C=O) groups is 1. The highest BCUT2D eigenvalue weighted by Crippen LogP contribution is 2.40. The summed E-state index contributed by atoms with van der Waals surface area (Å²) in [6.45, 7) is 1.10. The van der Waals surface area contributed by atoms with Gasteiger partial charge in [0.25, 0.3) is 5.91 Å². The highest BCUT2D eigenvalue weighted by molar-refractivity contribution is 7.89. The molecule has 1 N–H and O–H groups in total. The van der Waals surface area contributed by atoms with E-state index < -0.39 is 15.9 Å². The normalized spacial score (nSPS) is 16.5. The molecule has 0 saturated carbocycles. The maximum atomic E-state index is 12.7. The van der Waals surface area contributed by atoms with Crippen LogP contribution in [-0.4, -0.2) is 38.5 Å². The van der Waals surface area contributed by atoms with Gasteiger partial charge in [-0.15, -0.1) is 0 Å². The second-order valence-corrected chi connectivity index (χ2v) is 8.63. The Balaban J connectivity index is 1.57. The number of halogens is 1. The number of fused-ring (bicyclic) bond motifs is 1. The van der Waals surface area contributed by atoms with Crippen molar-refractivity contribution in [3.8, 4) is 11.5 Å². The molecule has 2 aromatic rings. The molecular formula is C18H17ClN2O5S. The van der Waals surface area contributed by atoms with E-state index in [9.17, 15) is 13.2 Å². The van der Waals surface area contributed by atoms with Gasteiger partial charge in [-0.25, -0.2) is 8.42 Å². The zero-order chi connectivity index (χ0) is 19.0. The minimum absolute atomic E-state index is 0.0521. The monoisotopic (exact) mass is 408 g/mol. The van der Waals surface area contributed by atoms with Crippen LogP contribution in [0.25, 0.3) is 0 Å². The van der Waals surface area contributed by atoms with Gasteiger partial charge in [0, 0.05) is 24.3 Å². The molecular weight excluding hydrogens is 392 g/mol. The summed E-state index contributed by atoms with van der Waals surface area (Å²) in [6.07, 6.45) is 1.72. The average molecular weight is 409 g/mol. The first-order valence-corrected chi connectivity index (χ1v) is 10.3. The molecule has 0 aliphatic carbocycles. The van der Waals surface area contributed by atoms with Crippen molar-refractivity contribution in [1.82, 2.24) is 4.31 Å². The number of anilines is 1. The molecule has 0 aromatic heterocycles. The third-order valence-electron chi connectivity index (χ3n) is 4.48. The van der Waals surface area contributed by atoms with Crippen LogP contribution in [0.3, 0.4) is 0 Å². The van der Waals surface area contributed by atoms with Crippen LogP contribution < -0.4 is 14.8 Å². The minimum Gasteiger partial charge on any atom is -0.454 e. The second-order valence-electron chi connectivity index (χ2n) is 6.29. The lowest BCUT2D eigenvalue weighted by Crippen LogP contribution is -2.27. The lowest BCUT2D eigenvalue weighted by atomic mass is 10.2. The predicted molar refractivity (Wildman–Crippen MR) is 100.0 cm³/mol. The van der Waals surface area contributed by atoms with Gasteiger partial charge in [0.05, 0.1) is 9.92 Å². The third-order valence-corrected chi connectivity index (χ3v) is 6.66. The highest BCUT2D eigenvalue weighted by atomic mass is 35.5. The van der Waals surface area contributed by atoms with Crippen molar-refractivity contribution >= 4 is 33.2 Å². The number of carbonyl (C=O) groups excluding carboxylic acids is 1. The number of sulfonamides is 1. The predicted octanol–water partition coefficient (Wildman–Crippen LogP) is 3.11. The van der Waals surface area contributed by atoms with Crippen LogP contribution in [-0.2, 0) is 10.0 Å². The van der Waals surface area contributed by atoms with Crippen LogP contribution in [0.15, 0.2) is 41.3 Å². The van der Waals surface area contributed by atoms with E-state index in [0.717, 1.165) is 12.8 Å². The van der Waals surface area contributed by atoms with Crippen molar-refractivity contribution < 1.29 is 22.7 Å². The number of amides is 1. The van der Waals surface area contributed by atoms with Gasteiger partial charge in [-0.05, 0) is 43.2 Å². The molecule has 0 bridgehead atoms. The van der Waals surface area contributed by atoms with Crippen molar-refractivity contribution in [1.29, 1.82) is 0 Å². The molecule has 142 valence electrons. The smallest absolute Gasteiger partial charge is 0.255 e. The van der Waals surface area contributed by atoms with Crippen LogP contribution in [0.4, 0.5) is 5.69 Å². The standard InChI is InChI=1S/C18H17ClN2O5S/c19-15-8-12(9-16-17(15)26-11-25-16)18(22)20-13-4-3-5-14(10-13)27(23,24)21-6-1-2-7-21/h3-5,8-10H,1-2,6-7,11H2,(H,20,22). The summed E-state index contributed by atoms with van der Waals surface area (Å²) in [6, 6.07) is 9.24. The molecule has 9 heteroatoms. The molecule has 27 heavy (non-hydrogen) atoms. The SMILES string of the molecule is O=C(Nc1cccc(S(=O)(=O)N2CCCC2)c1)c1cc(Cl)c2c(c1)OCO2. The fourth-order valence-corrected chi connectivity index (χ4v) is 4.94. The van der Waals surface area contributed by atoms with Gasteiger partial charge in [0.15, 0.2) is 11.5 Å². The summed E-state index contributed by atoms with van der Waals surface area (Å²) in [4.78, 5) is 12.7. The molecule has 7 nitrogen and oxygen atoms in total. The molecule has 2 heterocycles. The van der Waals surface area contributed by atoms with E-state index in [1.165, 1.54) is 28.6 Å². The van der Waals surface area contributed by atoms with Gasteiger partial charge in [0.1, 0.15) is 0 Å². The number of benzene rings is 2. The largest absolute Gasteiger partial charge is 0.454 e. The summed E-state index contributed by atoms with van der Waals surface area (Å²) in [5, 5.41) is 2.98. The van der Waals surface area contributed by atoms with E-state index >= 15 is 0 Å². The van der Waals surface area contributed by atoms with Crippen LogP contribution in [0.2, 0.25) is 5.02 Å². The zero-order valence-electron chi connectivity index (χ0n) is 14.3. The Morgan fingerprint density at radius 2 is 1.89 bits per heavy atom. The first kappa shape index (κ1) is 18.1. The molecule has 2 aliphatic heterocycles. The molecule has 0 atom stereocenters. The summed E-state index contributed by atoms with van der Waals surface area (Å²) in [7, 11) is -3.55. The number of rotatable bonds is 4. The Bertz CT molecular complexity index is 1000. The summed E-state index contributed by atoms with van der Waals surface area (Å²) in [5.74, 6) is 0.385. The van der Waals surface area contributed by atoms with Crippen molar-refractivity contribution in [3.05, 3.63) is 47.0 Å². The molecule has 4 rings (SSSR count). The fraction of sp³-hybridized carbons (Fsp3) is 0.278. The molecule has 1 fully saturated rings. The lowest BCUT2D eigenvalue weighted by Gasteiger charge is -2.16. The van der Waals surface area contributed by atoms with Crippen molar-refractivity contribution in [2.24, 2.45) is 0 Å². The second kappa shape index (κ2) is 7.03. The number of nitrogens with one attached hydrogen (secondary N) is 1. The van der Waals surface area contributed by atoms with E-state index in [4.69, 9.17) is 21.1 Å². The van der Waals surface area contributed by atoms with E-state index in [-0.39, 0.29) is 22.3 Å². The fourth-order valence-electron chi connectivity index (χ4n) is 3.11. The van der Waals surface area contributed by atoms with Gasteiger partial charge < -0.3 is 14.8 Å². The number of hydrogen-bond donors (Lipinski definition) is 1. The first-order chi connectivity index (χ1) is 12.9. The molecule has 1 saturated heterocycles. The molecule has 1 amide bonds. The Labute approximate surface area is 161 Å². The number of ether oxygens (including phenoxy) is 2. The lowest BCUT2D eigenvalue weighted by molar-refractivity contribution is 0.102. The Kier molecular flexibility index (Phi) is 4.71. The summed E-state index contributed by atoms with van der Waals surface area (Å²) >= 11 is 6.11. The molecule has 2 aliphatic rings. The van der Waals surface area contributed by atoms with Crippen LogP contribution in [0, 0.1) is 0 Å². The van der Waals surface area contributed by atoms with E-state index in [0.29, 0.717) is 30.3 Å². The highest BCUT2D eigenvalue weighted by Gasteiger charge is 2.27. The molecule has 0 unspecified atom stereocenters.